The maximum absolute atomic E-state index is 3.25. The largest absolute Gasteiger partial charge is 3.00 e. The van der Waals surface area contributed by atoms with Crippen LogP contribution >= 0.6 is 0 Å². The smallest absolute Gasteiger partial charge is 0.484 e. The Labute approximate surface area is 93.3 Å². The van der Waals surface area contributed by atoms with E-state index in [4.69, 9.17) is 0 Å². The zero-order valence-corrected chi connectivity index (χ0v) is 9.42. The number of aromatic nitrogens is 1. The molecular weight excluding hydrogens is 247 g/mol. The van der Waals surface area contributed by atoms with Crippen LogP contribution in [0.5, 0.6) is 0 Å². The molecule has 2 aromatic rings. The first-order chi connectivity index (χ1) is 6.00. The van der Waals surface area contributed by atoms with Gasteiger partial charge in [0.1, 0.15) is 0 Å². The number of hydrogen-bond acceptors (Lipinski definition) is 0. The zero-order valence-electron chi connectivity index (χ0n) is 7.68. The standard InChI is InChI=1S/C5H5.C4H4N.C2H5.Ru/c2*1-2-4-5-3-1;1-2;/h1-5H;1-3,5H;1H2,2H3;/q3*-1;+3. The second-order valence-corrected chi connectivity index (χ2v) is 1.78. The molecule has 1 aromatic carbocycles. The van der Waals surface area contributed by atoms with Gasteiger partial charge in [-0.15, -0.1) is 6.20 Å². The van der Waals surface area contributed by atoms with Crippen molar-refractivity contribution in [3.8, 4) is 0 Å². The third-order valence-corrected chi connectivity index (χ3v) is 0.998. The number of aromatic amines is 1. The topological polar surface area (TPSA) is 15.8 Å². The zero-order chi connectivity index (χ0) is 9.07. The van der Waals surface area contributed by atoms with Crippen molar-refractivity contribution in [3.63, 3.8) is 0 Å². The van der Waals surface area contributed by atoms with Gasteiger partial charge in [-0.05, 0) is 0 Å². The van der Waals surface area contributed by atoms with Gasteiger partial charge in [0.05, 0.1) is 0 Å². The summed E-state index contributed by atoms with van der Waals surface area (Å²) in [5.41, 5.74) is 0. The number of hydrogen-bond donors (Lipinski definition) is 1. The molecule has 1 aromatic heterocycles. The summed E-state index contributed by atoms with van der Waals surface area (Å²) < 4.78 is 0. The fourth-order valence-electron chi connectivity index (χ4n) is 0.561. The molecule has 0 atom stereocenters. The van der Waals surface area contributed by atoms with Gasteiger partial charge in [0.2, 0.25) is 0 Å². The molecule has 1 radical (unpaired) electrons. The van der Waals surface area contributed by atoms with Gasteiger partial charge in [0.15, 0.2) is 0 Å². The predicted octanol–water partition coefficient (Wildman–Crippen LogP) is 3.06. The van der Waals surface area contributed by atoms with Crippen molar-refractivity contribution < 1.29 is 19.5 Å². The summed E-state index contributed by atoms with van der Waals surface area (Å²) in [5, 5.41) is 0. The Morgan fingerprint density at radius 3 is 1.92 bits per heavy atom. The molecule has 0 fully saturated rings. The van der Waals surface area contributed by atoms with Crippen LogP contribution in [0, 0.1) is 13.1 Å². The van der Waals surface area contributed by atoms with E-state index in [-0.39, 0.29) is 19.5 Å². The van der Waals surface area contributed by atoms with Crippen LogP contribution in [0.2, 0.25) is 0 Å². The van der Waals surface area contributed by atoms with Gasteiger partial charge in [0.25, 0.3) is 0 Å². The van der Waals surface area contributed by atoms with Crippen LogP contribution in [0.25, 0.3) is 0 Å². The maximum atomic E-state index is 3.25. The third kappa shape index (κ3) is 11.3. The van der Waals surface area contributed by atoms with Crippen LogP contribution in [-0.2, 0) is 19.5 Å². The molecule has 13 heavy (non-hydrogen) atoms. The Kier molecular flexibility index (Phi) is 15.7. The second-order valence-electron chi connectivity index (χ2n) is 1.78. The summed E-state index contributed by atoms with van der Waals surface area (Å²) in [6, 6.07) is 13.7. The molecule has 2 heteroatoms. The van der Waals surface area contributed by atoms with Gasteiger partial charge in [-0.3, -0.25) is 0 Å². The van der Waals surface area contributed by atoms with E-state index in [1.165, 1.54) is 0 Å². The molecule has 0 saturated carbocycles. The molecule has 0 aliphatic carbocycles. The molecule has 0 unspecified atom stereocenters. The first kappa shape index (κ1) is 14.8. The first-order valence-corrected chi connectivity index (χ1v) is 3.87. The van der Waals surface area contributed by atoms with Gasteiger partial charge < -0.3 is 11.9 Å². The molecule has 71 valence electrons. The summed E-state index contributed by atoms with van der Waals surface area (Å²) >= 11 is 0. The summed E-state index contributed by atoms with van der Waals surface area (Å²) in [7, 11) is 0. The van der Waals surface area contributed by atoms with Gasteiger partial charge in [0, 0.05) is 0 Å². The fourth-order valence-corrected chi connectivity index (χ4v) is 0.561. The quantitative estimate of drug-likeness (QED) is 0.554. The van der Waals surface area contributed by atoms with Crippen molar-refractivity contribution in [3.05, 3.63) is 61.8 Å². The normalized spacial score (nSPS) is 6.62. The monoisotopic (exact) mass is 262 g/mol. The van der Waals surface area contributed by atoms with Crippen LogP contribution in [0.1, 0.15) is 6.92 Å². The fraction of sp³-hybridized carbons (Fsp3) is 0.0909. The molecule has 2 rings (SSSR count). The van der Waals surface area contributed by atoms with Crippen molar-refractivity contribution in [2.24, 2.45) is 0 Å². The van der Waals surface area contributed by atoms with E-state index in [1.807, 2.05) is 48.7 Å². The Morgan fingerprint density at radius 1 is 1.15 bits per heavy atom. The molecular formula is C11H14NRu. The average molecular weight is 261 g/mol. The third-order valence-electron chi connectivity index (χ3n) is 0.998. The minimum absolute atomic E-state index is 0. The van der Waals surface area contributed by atoms with Crippen LogP contribution < -0.4 is 0 Å². The van der Waals surface area contributed by atoms with E-state index >= 15 is 0 Å². The SMILES string of the molecule is [CH2-]C.[Ru+3].[c-]1ccc[nH]1.c1cc[cH-]c1. The van der Waals surface area contributed by atoms with E-state index < -0.39 is 0 Å². The van der Waals surface area contributed by atoms with Gasteiger partial charge in [-0.1, -0.05) is 0 Å². The van der Waals surface area contributed by atoms with Crippen molar-refractivity contribution in [1.29, 1.82) is 0 Å². The molecule has 1 N–H and O–H groups in total. The van der Waals surface area contributed by atoms with Crippen molar-refractivity contribution in [2.75, 3.05) is 0 Å². The van der Waals surface area contributed by atoms with Crippen molar-refractivity contribution in [1.82, 2.24) is 4.98 Å². The summed E-state index contributed by atoms with van der Waals surface area (Å²) in [4.78, 5) is 2.74. The predicted molar refractivity (Wildman–Crippen MR) is 52.7 cm³/mol. The van der Waals surface area contributed by atoms with E-state index in [9.17, 15) is 0 Å². The summed E-state index contributed by atoms with van der Waals surface area (Å²) in [5.74, 6) is 0. The summed E-state index contributed by atoms with van der Waals surface area (Å²) in [6.07, 6.45) is 4.56. The van der Waals surface area contributed by atoms with Crippen LogP contribution in [0.3, 0.4) is 0 Å². The Morgan fingerprint density at radius 2 is 1.77 bits per heavy atom. The average Bonchev–Trinajstić information content (AvgIpc) is 2.87. The molecule has 0 aliphatic heterocycles. The first-order valence-electron chi connectivity index (χ1n) is 3.87. The minimum Gasteiger partial charge on any atom is -0.484 e. The molecule has 0 spiro atoms. The Balaban J connectivity index is 0. The number of nitrogens with one attached hydrogen (secondary N) is 1. The minimum atomic E-state index is 0. The van der Waals surface area contributed by atoms with Crippen LogP contribution in [-0.4, -0.2) is 4.98 Å². The van der Waals surface area contributed by atoms with E-state index in [0.29, 0.717) is 0 Å². The maximum Gasteiger partial charge on any atom is 3.00 e. The molecule has 0 saturated heterocycles. The Bertz CT molecular complexity index is 149. The van der Waals surface area contributed by atoms with Crippen LogP contribution in [0.4, 0.5) is 0 Å². The van der Waals surface area contributed by atoms with E-state index in [0.717, 1.165) is 0 Å². The Hall–Kier alpha value is -0.747. The number of H-pyrrole nitrogens is 1. The van der Waals surface area contributed by atoms with Crippen molar-refractivity contribution >= 4 is 0 Å². The van der Waals surface area contributed by atoms with Crippen LogP contribution in [0.15, 0.2) is 48.7 Å². The van der Waals surface area contributed by atoms with Gasteiger partial charge in [-0.2, -0.15) is 43.5 Å². The second kappa shape index (κ2) is 13.8. The molecule has 1 heterocycles. The summed E-state index contributed by atoms with van der Waals surface area (Å²) in [6.45, 7) is 5.00. The van der Waals surface area contributed by atoms with E-state index in [2.05, 4.69) is 18.1 Å². The molecule has 1 nitrogen and oxygen atoms in total. The molecule has 0 amide bonds. The molecule has 0 bridgehead atoms. The van der Waals surface area contributed by atoms with E-state index in [1.54, 1.807) is 6.92 Å². The molecule has 0 aliphatic rings. The number of rotatable bonds is 0. The van der Waals surface area contributed by atoms with Gasteiger partial charge >= 0.3 is 19.5 Å². The van der Waals surface area contributed by atoms with Gasteiger partial charge in [-0.25, -0.2) is 12.1 Å². The van der Waals surface area contributed by atoms with Crippen molar-refractivity contribution in [2.45, 2.75) is 6.92 Å².